The lowest BCUT2D eigenvalue weighted by molar-refractivity contribution is 0.168. The Bertz CT molecular complexity index is 397. The van der Waals surface area contributed by atoms with Crippen molar-refractivity contribution in [2.45, 2.75) is 26.3 Å². The van der Waals surface area contributed by atoms with E-state index < -0.39 is 0 Å². The molecule has 1 aromatic rings. The number of nitrogens with two attached hydrogens (primary N) is 1. The molecule has 0 radical (unpaired) electrons. The third-order valence-electron chi connectivity index (χ3n) is 4.04. The Morgan fingerprint density at radius 3 is 2.20 bits per heavy atom. The minimum Gasteiger partial charge on any atom is -0.369 e. The van der Waals surface area contributed by atoms with Crippen molar-refractivity contribution in [2.24, 2.45) is 11.7 Å². The molecule has 1 heterocycles. The lowest BCUT2D eigenvalue weighted by atomic mass is 10.0. The summed E-state index contributed by atoms with van der Waals surface area (Å²) in [5, 5.41) is 0. The molecule has 1 fully saturated rings. The fourth-order valence-electron chi connectivity index (χ4n) is 2.94. The van der Waals surface area contributed by atoms with Crippen LogP contribution in [0, 0.1) is 11.7 Å². The molecule has 0 spiro atoms. The van der Waals surface area contributed by atoms with E-state index in [1.807, 2.05) is 12.1 Å². The van der Waals surface area contributed by atoms with Crippen molar-refractivity contribution in [1.29, 1.82) is 0 Å². The van der Waals surface area contributed by atoms with Crippen LogP contribution in [0.3, 0.4) is 0 Å². The van der Waals surface area contributed by atoms with Gasteiger partial charge in [0.1, 0.15) is 5.82 Å². The number of hydrogen-bond acceptors (Lipinski definition) is 3. The Morgan fingerprint density at radius 2 is 1.70 bits per heavy atom. The third kappa shape index (κ3) is 3.93. The van der Waals surface area contributed by atoms with E-state index in [4.69, 9.17) is 5.73 Å². The lowest BCUT2D eigenvalue weighted by Crippen LogP contribution is -2.52. The highest BCUT2D eigenvalue weighted by atomic mass is 19.1. The normalized spacial score (nSPS) is 18.6. The molecule has 0 amide bonds. The largest absolute Gasteiger partial charge is 0.369 e. The van der Waals surface area contributed by atoms with Crippen molar-refractivity contribution >= 4 is 5.69 Å². The summed E-state index contributed by atoms with van der Waals surface area (Å²) in [5.74, 6) is 0.506. The number of nitrogens with zero attached hydrogens (tertiary/aromatic N) is 2. The van der Waals surface area contributed by atoms with Crippen LogP contribution in [-0.2, 0) is 0 Å². The summed E-state index contributed by atoms with van der Waals surface area (Å²) in [6.07, 6.45) is 1.16. The van der Waals surface area contributed by atoms with Crippen LogP contribution in [0.15, 0.2) is 24.3 Å². The topological polar surface area (TPSA) is 32.5 Å². The number of anilines is 1. The van der Waals surface area contributed by atoms with Gasteiger partial charge in [-0.3, -0.25) is 4.90 Å². The molecular formula is C16H26FN3. The molecule has 2 N–H and O–H groups in total. The molecule has 4 heteroatoms. The van der Waals surface area contributed by atoms with Gasteiger partial charge in [-0.1, -0.05) is 13.8 Å². The van der Waals surface area contributed by atoms with Gasteiger partial charge in [0, 0.05) is 44.5 Å². The van der Waals surface area contributed by atoms with Crippen molar-refractivity contribution in [3.8, 4) is 0 Å². The van der Waals surface area contributed by atoms with E-state index in [9.17, 15) is 4.39 Å². The van der Waals surface area contributed by atoms with Crippen molar-refractivity contribution in [2.75, 3.05) is 37.6 Å². The predicted molar refractivity (Wildman–Crippen MR) is 82.5 cm³/mol. The van der Waals surface area contributed by atoms with E-state index in [1.54, 1.807) is 0 Å². The van der Waals surface area contributed by atoms with E-state index >= 15 is 0 Å². The highest BCUT2D eigenvalue weighted by Gasteiger charge is 2.23. The molecule has 112 valence electrons. The molecule has 0 aliphatic carbocycles. The number of piperazine rings is 1. The van der Waals surface area contributed by atoms with Crippen molar-refractivity contribution in [3.63, 3.8) is 0 Å². The second kappa shape index (κ2) is 7.04. The quantitative estimate of drug-likeness (QED) is 0.898. The summed E-state index contributed by atoms with van der Waals surface area (Å²) in [7, 11) is 0. The van der Waals surface area contributed by atoms with Crippen LogP contribution in [0.1, 0.15) is 20.3 Å². The molecule has 2 rings (SSSR count). The maximum atomic E-state index is 12.9. The van der Waals surface area contributed by atoms with Gasteiger partial charge >= 0.3 is 0 Å². The van der Waals surface area contributed by atoms with E-state index in [1.165, 1.54) is 12.1 Å². The zero-order valence-electron chi connectivity index (χ0n) is 12.6. The lowest BCUT2D eigenvalue weighted by Gasteiger charge is -2.40. The number of benzene rings is 1. The second-order valence-electron chi connectivity index (χ2n) is 6.02. The number of halogens is 1. The Kier molecular flexibility index (Phi) is 5.38. The van der Waals surface area contributed by atoms with Gasteiger partial charge in [-0.15, -0.1) is 0 Å². The van der Waals surface area contributed by atoms with Crippen LogP contribution >= 0.6 is 0 Å². The minimum absolute atomic E-state index is 0.174. The van der Waals surface area contributed by atoms with Crippen LogP contribution < -0.4 is 10.6 Å². The summed E-state index contributed by atoms with van der Waals surface area (Å²) in [4.78, 5) is 4.82. The van der Waals surface area contributed by atoms with Gasteiger partial charge in [0.25, 0.3) is 0 Å². The SMILES string of the molecule is CC(C)CC(CN)N1CCN(c2ccc(F)cc2)CC1. The van der Waals surface area contributed by atoms with E-state index in [0.717, 1.165) is 44.8 Å². The molecule has 0 aromatic heterocycles. The van der Waals surface area contributed by atoms with Crippen LogP contribution in [-0.4, -0.2) is 43.7 Å². The fourth-order valence-corrected chi connectivity index (χ4v) is 2.94. The Labute approximate surface area is 121 Å². The molecule has 0 bridgehead atoms. The van der Waals surface area contributed by atoms with Gasteiger partial charge in [0.2, 0.25) is 0 Å². The van der Waals surface area contributed by atoms with Crippen molar-refractivity contribution in [3.05, 3.63) is 30.1 Å². The molecule has 1 unspecified atom stereocenters. The molecule has 0 saturated carbocycles. The first-order valence-corrected chi connectivity index (χ1v) is 7.54. The smallest absolute Gasteiger partial charge is 0.123 e. The Balaban J connectivity index is 1.89. The van der Waals surface area contributed by atoms with Crippen LogP contribution in [0.5, 0.6) is 0 Å². The maximum Gasteiger partial charge on any atom is 0.123 e. The van der Waals surface area contributed by atoms with E-state index in [2.05, 4.69) is 23.6 Å². The monoisotopic (exact) mass is 279 g/mol. The minimum atomic E-state index is -0.174. The average molecular weight is 279 g/mol. The molecule has 1 atom stereocenters. The van der Waals surface area contributed by atoms with Crippen molar-refractivity contribution in [1.82, 2.24) is 4.90 Å². The summed E-state index contributed by atoms with van der Waals surface area (Å²) < 4.78 is 12.9. The fraction of sp³-hybridized carbons (Fsp3) is 0.625. The number of rotatable bonds is 5. The summed E-state index contributed by atoms with van der Waals surface area (Å²) >= 11 is 0. The van der Waals surface area contributed by atoms with Gasteiger partial charge in [0.05, 0.1) is 0 Å². The standard InChI is InChI=1S/C16H26FN3/c1-13(2)11-16(12-18)20-9-7-19(8-10-20)15-5-3-14(17)4-6-15/h3-6,13,16H,7-12,18H2,1-2H3. The molecule has 1 aliphatic heterocycles. The van der Waals surface area contributed by atoms with Gasteiger partial charge in [-0.05, 0) is 36.6 Å². The van der Waals surface area contributed by atoms with E-state index in [0.29, 0.717) is 12.0 Å². The first kappa shape index (κ1) is 15.3. The highest BCUT2D eigenvalue weighted by Crippen LogP contribution is 2.19. The zero-order valence-corrected chi connectivity index (χ0v) is 12.6. The summed E-state index contributed by atoms with van der Waals surface area (Å²) in [6, 6.07) is 7.27. The Morgan fingerprint density at radius 1 is 1.10 bits per heavy atom. The molecular weight excluding hydrogens is 253 g/mol. The van der Waals surface area contributed by atoms with Crippen molar-refractivity contribution < 1.29 is 4.39 Å². The highest BCUT2D eigenvalue weighted by molar-refractivity contribution is 5.46. The van der Waals surface area contributed by atoms with Gasteiger partial charge in [0.15, 0.2) is 0 Å². The van der Waals surface area contributed by atoms with Gasteiger partial charge in [-0.25, -0.2) is 4.39 Å². The van der Waals surface area contributed by atoms with E-state index in [-0.39, 0.29) is 5.82 Å². The summed E-state index contributed by atoms with van der Waals surface area (Å²) in [5.41, 5.74) is 7.03. The van der Waals surface area contributed by atoms with Crippen LogP contribution in [0.4, 0.5) is 10.1 Å². The molecule has 1 aliphatic rings. The third-order valence-corrected chi connectivity index (χ3v) is 4.04. The predicted octanol–water partition coefficient (Wildman–Crippen LogP) is 2.32. The average Bonchev–Trinajstić information content (AvgIpc) is 2.46. The first-order valence-electron chi connectivity index (χ1n) is 7.54. The Hall–Kier alpha value is -1.13. The van der Waals surface area contributed by atoms with Gasteiger partial charge < -0.3 is 10.6 Å². The summed E-state index contributed by atoms with van der Waals surface area (Å²) in [6.45, 7) is 9.27. The number of hydrogen-bond donors (Lipinski definition) is 1. The molecule has 3 nitrogen and oxygen atoms in total. The maximum absolute atomic E-state index is 12.9. The molecule has 1 saturated heterocycles. The molecule has 1 aromatic carbocycles. The zero-order chi connectivity index (χ0) is 14.5. The van der Waals surface area contributed by atoms with Gasteiger partial charge in [-0.2, -0.15) is 0 Å². The van der Waals surface area contributed by atoms with Crippen LogP contribution in [0.2, 0.25) is 0 Å². The first-order chi connectivity index (χ1) is 9.60. The molecule has 20 heavy (non-hydrogen) atoms. The second-order valence-corrected chi connectivity index (χ2v) is 6.02. The van der Waals surface area contributed by atoms with Crippen LogP contribution in [0.25, 0.3) is 0 Å².